The highest BCUT2D eigenvalue weighted by molar-refractivity contribution is 6.04. The zero-order valence-electron chi connectivity index (χ0n) is 16.1. The van der Waals surface area contributed by atoms with Crippen LogP contribution in [0.1, 0.15) is 48.1 Å². The largest absolute Gasteiger partial charge is 0.345 e. The lowest BCUT2D eigenvalue weighted by Gasteiger charge is -2.19. The molecule has 6 heteroatoms. The molecule has 0 bridgehead atoms. The lowest BCUT2D eigenvalue weighted by atomic mass is 9.95. The normalized spacial score (nSPS) is 19.4. The van der Waals surface area contributed by atoms with E-state index in [0.717, 1.165) is 24.8 Å². The van der Waals surface area contributed by atoms with E-state index in [1.165, 1.54) is 0 Å². The maximum atomic E-state index is 12.8. The molecule has 1 saturated carbocycles. The van der Waals surface area contributed by atoms with Gasteiger partial charge in [-0.15, -0.1) is 12.4 Å². The molecule has 28 heavy (non-hydrogen) atoms. The van der Waals surface area contributed by atoms with E-state index >= 15 is 0 Å². The monoisotopic (exact) mass is 401 g/mol. The Hall–Kier alpha value is -2.37. The van der Waals surface area contributed by atoms with Crippen molar-refractivity contribution in [1.29, 1.82) is 0 Å². The van der Waals surface area contributed by atoms with Crippen LogP contribution in [-0.2, 0) is 4.79 Å². The highest BCUT2D eigenvalue weighted by Gasteiger charge is 2.32. The molecule has 4 N–H and O–H groups in total. The number of para-hydroxylation sites is 1. The molecule has 0 radical (unpaired) electrons. The van der Waals surface area contributed by atoms with Crippen LogP contribution in [0.4, 0.5) is 5.69 Å². The van der Waals surface area contributed by atoms with Gasteiger partial charge in [-0.1, -0.05) is 48.9 Å². The van der Waals surface area contributed by atoms with E-state index in [2.05, 4.69) is 10.6 Å². The molecule has 1 fully saturated rings. The highest BCUT2D eigenvalue weighted by atomic mass is 35.5. The number of benzene rings is 2. The van der Waals surface area contributed by atoms with Crippen molar-refractivity contribution in [3.63, 3.8) is 0 Å². The standard InChI is InChI=1S/C22H27N3O2.ClH/c1-15(16-8-3-2-4-9-16)24-22(27)19-11-5-6-13-20(19)25-21(26)18-12-7-10-17(18)14-23;/h2-6,8-9,11,13,15,17-18H,7,10,12,14,23H2,1H3,(H,24,27)(H,25,26);1H/t15?,17-,18-;/m1./s1. The maximum absolute atomic E-state index is 12.8. The zero-order chi connectivity index (χ0) is 19.2. The third-order valence-corrected chi connectivity index (χ3v) is 5.38. The molecule has 1 aliphatic carbocycles. The molecule has 0 aromatic heterocycles. The van der Waals surface area contributed by atoms with Crippen molar-refractivity contribution in [3.05, 3.63) is 65.7 Å². The van der Waals surface area contributed by atoms with E-state index in [1.807, 2.05) is 43.3 Å². The number of halogens is 1. The molecule has 2 aromatic carbocycles. The summed E-state index contributed by atoms with van der Waals surface area (Å²) in [5.41, 5.74) is 7.84. The first-order valence-corrected chi connectivity index (χ1v) is 9.56. The second-order valence-electron chi connectivity index (χ2n) is 7.17. The van der Waals surface area contributed by atoms with Gasteiger partial charge in [-0.25, -0.2) is 0 Å². The molecular formula is C22H28ClN3O2. The first-order chi connectivity index (χ1) is 13.1. The number of carbonyl (C=O) groups is 2. The number of nitrogens with two attached hydrogens (primary N) is 1. The molecule has 0 spiro atoms. The average molecular weight is 402 g/mol. The molecule has 1 unspecified atom stereocenters. The van der Waals surface area contributed by atoms with E-state index in [1.54, 1.807) is 18.2 Å². The van der Waals surface area contributed by atoms with Crippen molar-refractivity contribution in [2.75, 3.05) is 11.9 Å². The van der Waals surface area contributed by atoms with Crippen LogP contribution in [0.5, 0.6) is 0 Å². The molecule has 0 saturated heterocycles. The van der Waals surface area contributed by atoms with Crippen molar-refractivity contribution >= 4 is 29.9 Å². The number of nitrogens with one attached hydrogen (secondary N) is 2. The molecule has 3 atom stereocenters. The smallest absolute Gasteiger partial charge is 0.253 e. The van der Waals surface area contributed by atoms with Crippen LogP contribution in [0.2, 0.25) is 0 Å². The Morgan fingerprint density at radius 3 is 2.46 bits per heavy atom. The third-order valence-electron chi connectivity index (χ3n) is 5.38. The van der Waals surface area contributed by atoms with Crippen LogP contribution in [-0.4, -0.2) is 18.4 Å². The highest BCUT2D eigenvalue weighted by Crippen LogP contribution is 2.32. The van der Waals surface area contributed by atoms with Gasteiger partial charge in [-0.05, 0) is 49.9 Å². The van der Waals surface area contributed by atoms with Crippen molar-refractivity contribution in [2.45, 2.75) is 32.2 Å². The van der Waals surface area contributed by atoms with Crippen molar-refractivity contribution in [3.8, 4) is 0 Å². The molecule has 2 aromatic rings. The second kappa shape index (κ2) is 10.2. The summed E-state index contributed by atoms with van der Waals surface area (Å²) >= 11 is 0. The second-order valence-corrected chi connectivity index (χ2v) is 7.17. The molecule has 3 rings (SSSR count). The van der Waals surface area contributed by atoms with Crippen molar-refractivity contribution in [1.82, 2.24) is 5.32 Å². The van der Waals surface area contributed by atoms with E-state index in [-0.39, 0.29) is 42.1 Å². The van der Waals surface area contributed by atoms with E-state index < -0.39 is 0 Å². The summed E-state index contributed by atoms with van der Waals surface area (Å²) in [5, 5.41) is 5.96. The molecule has 150 valence electrons. The van der Waals surface area contributed by atoms with Gasteiger partial charge in [0, 0.05) is 5.92 Å². The van der Waals surface area contributed by atoms with Gasteiger partial charge in [-0.3, -0.25) is 9.59 Å². The summed E-state index contributed by atoms with van der Waals surface area (Å²) in [5.74, 6) is -0.0955. The van der Waals surface area contributed by atoms with Crippen LogP contribution in [0.15, 0.2) is 54.6 Å². The summed E-state index contributed by atoms with van der Waals surface area (Å²) in [6.45, 7) is 2.47. The quantitative estimate of drug-likeness (QED) is 0.686. The summed E-state index contributed by atoms with van der Waals surface area (Å²) in [7, 11) is 0. The SMILES string of the molecule is CC(NC(=O)c1ccccc1NC(=O)[C@@H]1CCC[C@@H]1CN)c1ccccc1.Cl. The van der Waals surface area contributed by atoms with Crippen molar-refractivity contribution in [2.24, 2.45) is 17.6 Å². The molecule has 0 aliphatic heterocycles. The van der Waals surface area contributed by atoms with E-state index in [4.69, 9.17) is 5.73 Å². The Balaban J connectivity index is 0.00000280. The average Bonchev–Trinajstić information content (AvgIpc) is 3.18. The summed E-state index contributed by atoms with van der Waals surface area (Å²) < 4.78 is 0. The van der Waals surface area contributed by atoms with Crippen LogP contribution < -0.4 is 16.4 Å². The fraction of sp³-hybridized carbons (Fsp3) is 0.364. The van der Waals surface area contributed by atoms with Gasteiger partial charge < -0.3 is 16.4 Å². The number of carbonyl (C=O) groups excluding carboxylic acids is 2. The van der Waals surface area contributed by atoms with Gasteiger partial charge in [0.25, 0.3) is 5.91 Å². The van der Waals surface area contributed by atoms with Gasteiger partial charge in [0.15, 0.2) is 0 Å². The number of anilines is 1. The van der Waals surface area contributed by atoms with E-state index in [0.29, 0.717) is 17.8 Å². The molecular weight excluding hydrogens is 374 g/mol. The Bertz CT molecular complexity index is 797. The number of hydrogen-bond donors (Lipinski definition) is 3. The number of hydrogen-bond acceptors (Lipinski definition) is 3. The van der Waals surface area contributed by atoms with Gasteiger partial charge in [-0.2, -0.15) is 0 Å². The first kappa shape index (κ1) is 21.9. The molecule has 1 aliphatic rings. The van der Waals surface area contributed by atoms with Gasteiger partial charge in [0.2, 0.25) is 5.91 Å². The summed E-state index contributed by atoms with van der Waals surface area (Å²) in [6, 6.07) is 16.8. The number of rotatable bonds is 6. The molecule has 5 nitrogen and oxygen atoms in total. The van der Waals surface area contributed by atoms with Gasteiger partial charge in [0.1, 0.15) is 0 Å². The Morgan fingerprint density at radius 1 is 1.07 bits per heavy atom. The number of amides is 2. The summed E-state index contributed by atoms with van der Waals surface area (Å²) in [4.78, 5) is 25.5. The lowest BCUT2D eigenvalue weighted by molar-refractivity contribution is -0.120. The maximum Gasteiger partial charge on any atom is 0.253 e. The van der Waals surface area contributed by atoms with E-state index in [9.17, 15) is 9.59 Å². The van der Waals surface area contributed by atoms with Crippen LogP contribution in [0, 0.1) is 11.8 Å². The van der Waals surface area contributed by atoms with Gasteiger partial charge >= 0.3 is 0 Å². The minimum Gasteiger partial charge on any atom is -0.345 e. The Labute approximate surface area is 172 Å². The molecule has 2 amide bonds. The predicted molar refractivity (Wildman–Crippen MR) is 115 cm³/mol. The topological polar surface area (TPSA) is 84.2 Å². The summed E-state index contributed by atoms with van der Waals surface area (Å²) in [6.07, 6.45) is 2.87. The van der Waals surface area contributed by atoms with Crippen LogP contribution >= 0.6 is 12.4 Å². The third kappa shape index (κ3) is 5.12. The molecule has 0 heterocycles. The fourth-order valence-corrected chi connectivity index (χ4v) is 3.78. The minimum absolute atomic E-state index is 0. The van der Waals surface area contributed by atoms with Gasteiger partial charge in [0.05, 0.1) is 17.3 Å². The Kier molecular flexibility index (Phi) is 8.03. The first-order valence-electron chi connectivity index (χ1n) is 9.56. The van der Waals surface area contributed by atoms with Crippen molar-refractivity contribution < 1.29 is 9.59 Å². The fourth-order valence-electron chi connectivity index (χ4n) is 3.78. The predicted octanol–water partition coefficient (Wildman–Crippen LogP) is 3.91. The minimum atomic E-state index is -0.205. The lowest BCUT2D eigenvalue weighted by Crippen LogP contribution is -2.31. The Morgan fingerprint density at radius 2 is 1.75 bits per heavy atom. The van der Waals surface area contributed by atoms with Crippen LogP contribution in [0.25, 0.3) is 0 Å². The van der Waals surface area contributed by atoms with Crippen LogP contribution in [0.3, 0.4) is 0 Å². The zero-order valence-corrected chi connectivity index (χ0v) is 16.9.